The average molecular weight is 280 g/mol. The zero-order valence-corrected chi connectivity index (χ0v) is 11.6. The molecule has 5 atom stereocenters. The molecule has 0 bridgehead atoms. The van der Waals surface area contributed by atoms with Gasteiger partial charge in [0.1, 0.15) is 18.3 Å². The summed E-state index contributed by atoms with van der Waals surface area (Å²) in [5.74, 6) is -0.360. The van der Waals surface area contributed by atoms with Gasteiger partial charge in [-0.05, 0) is 38.2 Å². The van der Waals surface area contributed by atoms with Crippen molar-refractivity contribution in [2.24, 2.45) is 5.92 Å². The highest BCUT2D eigenvalue weighted by Crippen LogP contribution is 2.50. The normalized spacial score (nSPS) is 44.6. The third kappa shape index (κ3) is 2.10. The molecule has 2 saturated heterocycles. The summed E-state index contributed by atoms with van der Waals surface area (Å²) < 4.78 is 11.2. The first-order valence-electron chi connectivity index (χ1n) is 7.02. The molecule has 2 aliphatic heterocycles. The Bertz CT molecular complexity index is 471. The number of epoxide rings is 1. The molecule has 3 rings (SSSR count). The van der Waals surface area contributed by atoms with Crippen molar-refractivity contribution in [2.45, 2.75) is 56.5 Å². The Morgan fingerprint density at radius 2 is 2.15 bits per heavy atom. The fourth-order valence-electron chi connectivity index (χ4n) is 3.37. The largest absolute Gasteiger partial charge is 0.455 e. The Kier molecular flexibility index (Phi) is 3.23. The summed E-state index contributed by atoms with van der Waals surface area (Å²) in [6.07, 6.45) is 2.07. The van der Waals surface area contributed by atoms with Crippen molar-refractivity contribution in [2.75, 3.05) is 0 Å². The molecule has 20 heavy (non-hydrogen) atoms. The van der Waals surface area contributed by atoms with Crippen molar-refractivity contribution in [1.82, 2.24) is 0 Å². The number of carbonyl (C=O) groups is 1. The third-order valence-electron chi connectivity index (χ3n) is 4.85. The lowest BCUT2D eigenvalue weighted by atomic mass is 9.82. The van der Waals surface area contributed by atoms with Crippen LogP contribution in [0.1, 0.15) is 32.6 Å². The van der Waals surface area contributed by atoms with E-state index in [0.29, 0.717) is 24.8 Å². The summed E-state index contributed by atoms with van der Waals surface area (Å²) >= 11 is 0. The van der Waals surface area contributed by atoms with Crippen LogP contribution in [0.25, 0.3) is 0 Å². The van der Waals surface area contributed by atoms with E-state index in [-0.39, 0.29) is 35.8 Å². The van der Waals surface area contributed by atoms with E-state index >= 15 is 0 Å². The van der Waals surface area contributed by atoms with E-state index in [1.165, 1.54) is 0 Å². The van der Waals surface area contributed by atoms with Crippen LogP contribution in [0.3, 0.4) is 0 Å². The molecule has 0 unspecified atom stereocenters. The van der Waals surface area contributed by atoms with Crippen molar-refractivity contribution < 1.29 is 24.4 Å². The summed E-state index contributed by atoms with van der Waals surface area (Å²) in [5, 5.41) is 9.01. The van der Waals surface area contributed by atoms with Crippen molar-refractivity contribution in [1.29, 1.82) is 0 Å². The fraction of sp³-hybridized carbons (Fsp3) is 0.667. The lowest BCUT2D eigenvalue weighted by molar-refractivity contribution is -0.270. The molecule has 5 nitrogen and oxygen atoms in total. The first-order chi connectivity index (χ1) is 9.46. The molecule has 3 fully saturated rings. The van der Waals surface area contributed by atoms with Crippen LogP contribution in [0.15, 0.2) is 24.3 Å². The van der Waals surface area contributed by atoms with Crippen LogP contribution in [0.2, 0.25) is 0 Å². The van der Waals surface area contributed by atoms with Gasteiger partial charge in [-0.25, -0.2) is 9.68 Å². The van der Waals surface area contributed by atoms with Crippen molar-refractivity contribution in [3.05, 3.63) is 24.3 Å². The van der Waals surface area contributed by atoms with E-state index in [9.17, 15) is 4.79 Å². The zero-order chi connectivity index (χ0) is 14.5. The molecule has 0 radical (unpaired) electrons. The Balaban J connectivity index is 1.84. The predicted molar refractivity (Wildman–Crippen MR) is 70.9 cm³/mol. The summed E-state index contributed by atoms with van der Waals surface area (Å²) in [4.78, 5) is 16.3. The zero-order valence-electron chi connectivity index (χ0n) is 11.6. The Morgan fingerprint density at radius 3 is 2.85 bits per heavy atom. The highest BCUT2D eigenvalue weighted by molar-refractivity contribution is 5.91. The molecule has 5 heteroatoms. The molecule has 3 aliphatic rings. The predicted octanol–water partition coefficient (Wildman–Crippen LogP) is 2.23. The maximum Gasteiger partial charge on any atom is 0.334 e. The maximum absolute atomic E-state index is 11.7. The third-order valence-corrected chi connectivity index (χ3v) is 4.85. The van der Waals surface area contributed by atoms with Crippen molar-refractivity contribution >= 4 is 5.97 Å². The first kappa shape index (κ1) is 13.8. The van der Waals surface area contributed by atoms with Gasteiger partial charge in [0.2, 0.25) is 0 Å². The van der Waals surface area contributed by atoms with E-state index in [2.05, 4.69) is 18.0 Å². The quantitative estimate of drug-likeness (QED) is 0.199. The summed E-state index contributed by atoms with van der Waals surface area (Å²) in [5.41, 5.74) is 1.03. The molecule has 0 aromatic carbocycles. The van der Waals surface area contributed by atoms with Crippen molar-refractivity contribution in [3.63, 3.8) is 0 Å². The smallest absolute Gasteiger partial charge is 0.334 e. The molecule has 0 aromatic heterocycles. The second-order valence-electron chi connectivity index (χ2n) is 6.18. The van der Waals surface area contributed by atoms with Crippen LogP contribution in [-0.2, 0) is 19.2 Å². The number of rotatable bonds is 1. The molecule has 2 heterocycles. The van der Waals surface area contributed by atoms with E-state index in [1.807, 2.05) is 6.92 Å². The van der Waals surface area contributed by atoms with Gasteiger partial charge in [-0.2, -0.15) is 0 Å². The molecule has 0 aromatic rings. The second-order valence-corrected chi connectivity index (χ2v) is 6.18. The summed E-state index contributed by atoms with van der Waals surface area (Å²) in [6, 6.07) is 0. The molecule has 110 valence electrons. The van der Waals surface area contributed by atoms with Crippen molar-refractivity contribution in [3.8, 4) is 0 Å². The molecule has 1 aliphatic carbocycles. The summed E-state index contributed by atoms with van der Waals surface area (Å²) in [7, 11) is 0. The Hall–Kier alpha value is -1.17. The Morgan fingerprint density at radius 1 is 1.40 bits per heavy atom. The van der Waals surface area contributed by atoms with Crippen LogP contribution in [0, 0.1) is 5.92 Å². The van der Waals surface area contributed by atoms with Gasteiger partial charge in [0.05, 0.1) is 5.60 Å². The standard InChI is InChI=1S/C15H20O5/c1-8-4-5-10-9(2)14(16)18-12(10)13-15(3,19-13)7-6-11(8)20-17/h10-13,17H,1-2,4-7H2,3H3/t10-,11+,12-,13-,15+/m0/s1. The van der Waals surface area contributed by atoms with Gasteiger partial charge < -0.3 is 9.47 Å². The molecular weight excluding hydrogens is 260 g/mol. The van der Waals surface area contributed by atoms with Gasteiger partial charge in [-0.3, -0.25) is 5.26 Å². The molecule has 1 N–H and O–H groups in total. The minimum atomic E-state index is -0.375. The van der Waals surface area contributed by atoms with Crippen LogP contribution in [0.4, 0.5) is 0 Å². The molecule has 0 amide bonds. The highest BCUT2D eigenvalue weighted by atomic mass is 17.1. The van der Waals surface area contributed by atoms with E-state index in [0.717, 1.165) is 12.0 Å². The van der Waals surface area contributed by atoms with Gasteiger partial charge in [0.25, 0.3) is 0 Å². The van der Waals surface area contributed by atoms with Gasteiger partial charge in [-0.1, -0.05) is 13.2 Å². The maximum atomic E-state index is 11.7. The molecular formula is C15H20O5. The van der Waals surface area contributed by atoms with Gasteiger partial charge in [0, 0.05) is 11.5 Å². The molecule has 0 spiro atoms. The number of ether oxygens (including phenoxy) is 2. The minimum Gasteiger partial charge on any atom is -0.455 e. The van der Waals surface area contributed by atoms with Crippen LogP contribution in [-0.4, -0.2) is 35.1 Å². The SMILES string of the molecule is C=C1CC[C@H]2C(=C)C(=O)O[C@@H]2[C@@H]2O[C@]2(C)CC[C@H]1OO. The van der Waals surface area contributed by atoms with E-state index in [4.69, 9.17) is 14.7 Å². The van der Waals surface area contributed by atoms with Gasteiger partial charge in [0.15, 0.2) is 0 Å². The number of fused-ring (bicyclic) bond motifs is 3. The minimum absolute atomic E-state index is 0.0384. The first-order valence-corrected chi connectivity index (χ1v) is 7.02. The topological polar surface area (TPSA) is 68.3 Å². The lowest BCUT2D eigenvalue weighted by Crippen LogP contribution is -2.31. The highest BCUT2D eigenvalue weighted by Gasteiger charge is 2.61. The average Bonchev–Trinajstić information content (AvgIpc) is 3.00. The Labute approximate surface area is 118 Å². The number of carbonyl (C=O) groups excluding carboxylic acids is 1. The van der Waals surface area contributed by atoms with Gasteiger partial charge in [-0.15, -0.1) is 0 Å². The molecule has 1 saturated carbocycles. The van der Waals surface area contributed by atoms with E-state index < -0.39 is 0 Å². The number of hydrogen-bond donors (Lipinski definition) is 1. The number of hydrogen-bond acceptors (Lipinski definition) is 5. The lowest BCUT2D eigenvalue weighted by Gasteiger charge is -2.23. The van der Waals surface area contributed by atoms with Crippen LogP contribution >= 0.6 is 0 Å². The summed E-state index contributed by atoms with van der Waals surface area (Å²) in [6.45, 7) is 9.83. The fourth-order valence-corrected chi connectivity index (χ4v) is 3.37. The second kappa shape index (κ2) is 4.69. The monoisotopic (exact) mass is 280 g/mol. The van der Waals surface area contributed by atoms with Gasteiger partial charge >= 0.3 is 5.97 Å². The van der Waals surface area contributed by atoms with Crippen LogP contribution < -0.4 is 0 Å². The number of esters is 1. The van der Waals surface area contributed by atoms with Crippen LogP contribution in [0.5, 0.6) is 0 Å². The van der Waals surface area contributed by atoms with E-state index in [1.54, 1.807) is 0 Å².